The second-order valence-corrected chi connectivity index (χ2v) is 6.22. The number of rotatable bonds is 6. The average Bonchev–Trinajstić information content (AvgIpc) is 3.01. The van der Waals surface area contributed by atoms with Crippen LogP contribution in [-0.4, -0.2) is 35.5 Å². The first kappa shape index (κ1) is 14.1. The number of aliphatic carboxylic acids is 1. The van der Waals surface area contributed by atoms with E-state index < -0.39 is 17.8 Å². The summed E-state index contributed by atoms with van der Waals surface area (Å²) >= 11 is 0. The van der Waals surface area contributed by atoms with Crippen LogP contribution in [0.15, 0.2) is 12.2 Å². The molecule has 3 aliphatic rings. The minimum atomic E-state index is -0.904. The topological polar surface area (TPSA) is 95.5 Å². The molecule has 0 aromatic carbocycles. The SMILES string of the molecule is O=C(CCNC(=O)[C@H]1C2C=CC(C2)[C@H]1C(=O)O)NC1CC1. The zero-order valence-electron chi connectivity index (χ0n) is 11.7. The van der Waals surface area contributed by atoms with Gasteiger partial charge in [0.05, 0.1) is 11.8 Å². The van der Waals surface area contributed by atoms with Gasteiger partial charge < -0.3 is 15.7 Å². The zero-order chi connectivity index (χ0) is 15.0. The molecule has 2 saturated carbocycles. The number of allylic oxidation sites excluding steroid dienone is 2. The summed E-state index contributed by atoms with van der Waals surface area (Å²) in [5, 5.41) is 14.9. The summed E-state index contributed by atoms with van der Waals surface area (Å²) in [7, 11) is 0. The van der Waals surface area contributed by atoms with Gasteiger partial charge in [0.2, 0.25) is 11.8 Å². The second-order valence-electron chi connectivity index (χ2n) is 6.22. The largest absolute Gasteiger partial charge is 0.481 e. The van der Waals surface area contributed by atoms with Gasteiger partial charge in [-0.05, 0) is 31.1 Å². The van der Waals surface area contributed by atoms with Crippen LogP contribution in [0.25, 0.3) is 0 Å². The van der Waals surface area contributed by atoms with E-state index in [0.29, 0.717) is 6.04 Å². The maximum atomic E-state index is 12.2. The predicted octanol–water partition coefficient (Wildman–Crippen LogP) is 0.294. The van der Waals surface area contributed by atoms with Crippen molar-refractivity contribution in [1.82, 2.24) is 10.6 Å². The number of hydrogen-bond donors (Lipinski definition) is 3. The van der Waals surface area contributed by atoms with E-state index in [-0.39, 0.29) is 36.6 Å². The van der Waals surface area contributed by atoms with Gasteiger partial charge in [0.15, 0.2) is 0 Å². The van der Waals surface area contributed by atoms with E-state index in [9.17, 15) is 19.5 Å². The van der Waals surface area contributed by atoms with Crippen molar-refractivity contribution in [2.24, 2.45) is 23.7 Å². The van der Waals surface area contributed by atoms with Crippen LogP contribution in [0.4, 0.5) is 0 Å². The van der Waals surface area contributed by atoms with E-state index in [2.05, 4.69) is 10.6 Å². The molecular formula is C15H20N2O4. The third kappa shape index (κ3) is 2.94. The normalized spacial score (nSPS) is 33.0. The molecule has 3 rings (SSSR count). The summed E-state index contributed by atoms with van der Waals surface area (Å²) in [6, 6.07) is 0.320. The number of carboxylic acids is 1. The molecule has 114 valence electrons. The van der Waals surface area contributed by atoms with Crippen LogP contribution in [0.5, 0.6) is 0 Å². The van der Waals surface area contributed by atoms with E-state index in [1.807, 2.05) is 12.2 Å². The zero-order valence-corrected chi connectivity index (χ0v) is 11.7. The Hall–Kier alpha value is -1.85. The molecule has 2 fully saturated rings. The molecule has 21 heavy (non-hydrogen) atoms. The van der Waals surface area contributed by atoms with Gasteiger partial charge in [-0.2, -0.15) is 0 Å². The van der Waals surface area contributed by atoms with Crippen molar-refractivity contribution in [2.75, 3.05) is 6.54 Å². The van der Waals surface area contributed by atoms with Gasteiger partial charge in [0.25, 0.3) is 0 Å². The van der Waals surface area contributed by atoms with Gasteiger partial charge in [0, 0.05) is 19.0 Å². The Labute approximate surface area is 123 Å². The molecule has 2 bridgehead atoms. The number of hydrogen-bond acceptors (Lipinski definition) is 3. The maximum Gasteiger partial charge on any atom is 0.307 e. The second kappa shape index (κ2) is 5.50. The predicted molar refractivity (Wildman–Crippen MR) is 74.1 cm³/mol. The lowest BCUT2D eigenvalue weighted by Gasteiger charge is -2.23. The highest BCUT2D eigenvalue weighted by Crippen LogP contribution is 2.48. The molecule has 0 heterocycles. The Bertz CT molecular complexity index is 498. The van der Waals surface area contributed by atoms with Crippen molar-refractivity contribution in [3.05, 3.63) is 12.2 Å². The van der Waals surface area contributed by atoms with E-state index in [1.165, 1.54) is 0 Å². The smallest absolute Gasteiger partial charge is 0.307 e. The van der Waals surface area contributed by atoms with Crippen molar-refractivity contribution in [3.8, 4) is 0 Å². The van der Waals surface area contributed by atoms with Crippen LogP contribution in [-0.2, 0) is 14.4 Å². The lowest BCUT2D eigenvalue weighted by molar-refractivity contribution is -0.147. The number of fused-ring (bicyclic) bond motifs is 2. The Morgan fingerprint density at radius 3 is 2.38 bits per heavy atom. The van der Waals surface area contributed by atoms with Gasteiger partial charge in [-0.25, -0.2) is 0 Å². The van der Waals surface area contributed by atoms with Crippen LogP contribution in [0.1, 0.15) is 25.7 Å². The van der Waals surface area contributed by atoms with Crippen molar-refractivity contribution >= 4 is 17.8 Å². The Kier molecular flexibility index (Phi) is 3.69. The van der Waals surface area contributed by atoms with Gasteiger partial charge >= 0.3 is 5.97 Å². The molecule has 3 N–H and O–H groups in total. The Morgan fingerprint density at radius 2 is 1.76 bits per heavy atom. The summed E-state index contributed by atoms with van der Waals surface area (Å²) in [5.74, 6) is -2.32. The molecule has 0 aromatic rings. The third-order valence-corrected chi connectivity index (χ3v) is 4.64. The highest BCUT2D eigenvalue weighted by molar-refractivity contribution is 5.87. The molecule has 0 spiro atoms. The number of amides is 2. The molecule has 0 aliphatic heterocycles. The lowest BCUT2D eigenvalue weighted by atomic mass is 9.82. The van der Waals surface area contributed by atoms with Crippen molar-refractivity contribution in [3.63, 3.8) is 0 Å². The van der Waals surface area contributed by atoms with Gasteiger partial charge in [0.1, 0.15) is 0 Å². The van der Waals surface area contributed by atoms with Gasteiger partial charge in [-0.3, -0.25) is 14.4 Å². The Balaban J connectivity index is 1.49. The molecular weight excluding hydrogens is 272 g/mol. The highest BCUT2D eigenvalue weighted by atomic mass is 16.4. The molecule has 0 aromatic heterocycles. The first-order valence-electron chi connectivity index (χ1n) is 7.54. The number of carbonyl (C=O) groups is 3. The number of carboxylic acid groups (broad SMARTS) is 1. The Morgan fingerprint density at radius 1 is 1.10 bits per heavy atom. The van der Waals surface area contributed by atoms with Gasteiger partial charge in [-0.15, -0.1) is 0 Å². The van der Waals surface area contributed by atoms with Crippen LogP contribution < -0.4 is 10.6 Å². The minimum absolute atomic E-state index is 0.0244. The molecule has 2 amide bonds. The maximum absolute atomic E-state index is 12.2. The average molecular weight is 292 g/mol. The fourth-order valence-corrected chi connectivity index (χ4v) is 3.46. The first-order valence-corrected chi connectivity index (χ1v) is 7.54. The molecule has 6 nitrogen and oxygen atoms in total. The first-order chi connectivity index (χ1) is 10.1. The highest BCUT2D eigenvalue weighted by Gasteiger charge is 2.51. The van der Waals surface area contributed by atoms with E-state index in [0.717, 1.165) is 19.3 Å². The van der Waals surface area contributed by atoms with E-state index in [1.54, 1.807) is 0 Å². The minimum Gasteiger partial charge on any atom is -0.481 e. The van der Waals surface area contributed by atoms with Gasteiger partial charge in [-0.1, -0.05) is 12.2 Å². The van der Waals surface area contributed by atoms with E-state index >= 15 is 0 Å². The molecule has 0 saturated heterocycles. The van der Waals surface area contributed by atoms with Crippen LogP contribution in [0.2, 0.25) is 0 Å². The fraction of sp³-hybridized carbons (Fsp3) is 0.667. The summed E-state index contributed by atoms with van der Waals surface area (Å²) in [6.07, 6.45) is 6.93. The number of carbonyl (C=O) groups excluding carboxylic acids is 2. The summed E-state index contributed by atoms with van der Waals surface area (Å²) in [5.41, 5.74) is 0. The summed E-state index contributed by atoms with van der Waals surface area (Å²) in [4.78, 5) is 35.1. The van der Waals surface area contributed by atoms with Crippen LogP contribution >= 0.6 is 0 Å². The quantitative estimate of drug-likeness (QED) is 0.613. The number of nitrogens with one attached hydrogen (secondary N) is 2. The lowest BCUT2D eigenvalue weighted by Crippen LogP contribution is -2.41. The molecule has 3 aliphatic carbocycles. The monoisotopic (exact) mass is 292 g/mol. The fourth-order valence-electron chi connectivity index (χ4n) is 3.46. The van der Waals surface area contributed by atoms with E-state index in [4.69, 9.17) is 0 Å². The molecule has 2 unspecified atom stereocenters. The van der Waals surface area contributed by atoms with Crippen LogP contribution in [0, 0.1) is 23.7 Å². The van der Waals surface area contributed by atoms with Crippen molar-refractivity contribution in [1.29, 1.82) is 0 Å². The molecule has 4 atom stereocenters. The summed E-state index contributed by atoms with van der Waals surface area (Å²) in [6.45, 7) is 0.265. The molecule has 6 heteroatoms. The summed E-state index contributed by atoms with van der Waals surface area (Å²) < 4.78 is 0. The molecule has 0 radical (unpaired) electrons. The van der Waals surface area contributed by atoms with Crippen molar-refractivity contribution in [2.45, 2.75) is 31.7 Å². The third-order valence-electron chi connectivity index (χ3n) is 4.64. The standard InChI is InChI=1S/C15H20N2O4/c18-11(17-10-3-4-10)5-6-16-14(19)12-8-1-2-9(7-8)13(12)15(20)21/h1-2,8-10,12-13H,3-7H2,(H,16,19)(H,17,18)(H,20,21)/t8?,9?,12-,13+/m0/s1. The van der Waals surface area contributed by atoms with Crippen LogP contribution in [0.3, 0.4) is 0 Å². The van der Waals surface area contributed by atoms with Crippen molar-refractivity contribution < 1.29 is 19.5 Å².